The number of alkyl halides is 5. The Bertz CT molecular complexity index is 332. The molecule has 1 heterocycles. The second kappa shape index (κ2) is 5.48. The van der Waals surface area contributed by atoms with Crippen molar-refractivity contribution in [3.63, 3.8) is 0 Å². The highest BCUT2D eigenvalue weighted by Crippen LogP contribution is 2.31. The second-order valence-corrected chi connectivity index (χ2v) is 4.65. The van der Waals surface area contributed by atoms with E-state index in [0.29, 0.717) is 0 Å². The van der Waals surface area contributed by atoms with Crippen molar-refractivity contribution < 1.29 is 31.5 Å². The number of likely N-dealkylation sites (tertiary alicyclic amines) is 1. The van der Waals surface area contributed by atoms with E-state index >= 15 is 0 Å². The maximum Gasteiger partial charge on any atom is 0.407 e. The van der Waals surface area contributed by atoms with Gasteiger partial charge in [0.1, 0.15) is 6.54 Å². The average molecular weight is 290 g/mol. The number of amides is 1. The minimum atomic E-state index is -4.61. The summed E-state index contributed by atoms with van der Waals surface area (Å²) in [6, 6.07) is -0.169. The van der Waals surface area contributed by atoms with Crippen LogP contribution in [-0.4, -0.2) is 54.9 Å². The zero-order valence-corrected chi connectivity index (χ0v) is 10.4. The largest absolute Gasteiger partial charge is 0.438 e. The van der Waals surface area contributed by atoms with E-state index in [1.165, 1.54) is 10.2 Å². The molecule has 1 aliphatic heterocycles. The molecule has 1 amide bonds. The zero-order valence-electron chi connectivity index (χ0n) is 10.4. The molecule has 0 aromatic heterocycles. The van der Waals surface area contributed by atoms with E-state index in [2.05, 4.69) is 4.74 Å². The minimum Gasteiger partial charge on any atom is -0.438 e. The molecule has 0 aromatic rings. The molecule has 1 aliphatic rings. The van der Waals surface area contributed by atoms with Crippen molar-refractivity contribution in [3.8, 4) is 0 Å². The molecule has 1 fully saturated rings. The van der Waals surface area contributed by atoms with Crippen LogP contribution < -0.4 is 5.32 Å². The number of hydrogen-bond acceptors (Lipinski definition) is 3. The summed E-state index contributed by atoms with van der Waals surface area (Å²) in [6.07, 6.45) is -7.84. The van der Waals surface area contributed by atoms with Gasteiger partial charge in [-0.1, -0.05) is 0 Å². The van der Waals surface area contributed by atoms with Crippen molar-refractivity contribution >= 4 is 6.09 Å². The van der Waals surface area contributed by atoms with Gasteiger partial charge in [0.15, 0.2) is 6.10 Å². The number of carbonyl (C=O) groups is 1. The highest BCUT2D eigenvalue weighted by molar-refractivity contribution is 5.67. The molecule has 1 N–H and O–H groups in total. The lowest BCUT2D eigenvalue weighted by molar-refractivity contribution is -0.125. The fraction of sp³-hybridized carbons (Fsp3) is 0.900. The first-order valence-electron chi connectivity index (χ1n) is 5.64. The van der Waals surface area contributed by atoms with E-state index in [4.69, 9.17) is 0 Å². The van der Waals surface area contributed by atoms with Crippen LogP contribution in [0.1, 0.15) is 13.8 Å². The van der Waals surface area contributed by atoms with E-state index in [-0.39, 0.29) is 12.6 Å². The molecule has 0 bridgehead atoms. The molecule has 1 rings (SSSR count). The van der Waals surface area contributed by atoms with Crippen LogP contribution in [0.2, 0.25) is 0 Å². The maximum atomic E-state index is 13.5. The molecule has 1 saturated heterocycles. The highest BCUT2D eigenvalue weighted by atomic mass is 19.4. The van der Waals surface area contributed by atoms with E-state index < -0.39 is 37.4 Å². The number of rotatable bonds is 3. The fourth-order valence-electron chi connectivity index (χ4n) is 1.64. The minimum absolute atomic E-state index is 0.169. The first-order chi connectivity index (χ1) is 8.51. The lowest BCUT2D eigenvalue weighted by Crippen LogP contribution is -2.41. The number of nitrogens with one attached hydrogen (secondary N) is 1. The fourth-order valence-corrected chi connectivity index (χ4v) is 1.64. The van der Waals surface area contributed by atoms with E-state index in [0.717, 1.165) is 0 Å². The SMILES string of the molecule is CC(C)N1CC(OC(=O)NCC(F)(F)F)C(F)(F)C1. The average Bonchev–Trinajstić information content (AvgIpc) is 2.51. The van der Waals surface area contributed by atoms with Crippen LogP contribution in [0.15, 0.2) is 0 Å². The molecule has 0 saturated carbocycles. The summed E-state index contributed by atoms with van der Waals surface area (Å²) in [7, 11) is 0. The molecule has 112 valence electrons. The number of hydrogen-bond donors (Lipinski definition) is 1. The monoisotopic (exact) mass is 290 g/mol. The molecule has 0 radical (unpaired) electrons. The Hall–Kier alpha value is -1.12. The third-order valence-electron chi connectivity index (χ3n) is 2.70. The van der Waals surface area contributed by atoms with Gasteiger partial charge in [-0.2, -0.15) is 13.2 Å². The predicted molar refractivity (Wildman–Crippen MR) is 56.0 cm³/mol. The topological polar surface area (TPSA) is 41.6 Å². The van der Waals surface area contributed by atoms with Crippen molar-refractivity contribution in [2.75, 3.05) is 19.6 Å². The van der Waals surface area contributed by atoms with Crippen molar-refractivity contribution in [1.82, 2.24) is 10.2 Å². The van der Waals surface area contributed by atoms with Gasteiger partial charge in [-0.25, -0.2) is 13.6 Å². The van der Waals surface area contributed by atoms with Gasteiger partial charge in [-0.05, 0) is 13.8 Å². The van der Waals surface area contributed by atoms with Crippen LogP contribution in [0.4, 0.5) is 26.7 Å². The van der Waals surface area contributed by atoms with Crippen molar-refractivity contribution in [1.29, 1.82) is 0 Å². The predicted octanol–water partition coefficient (Wildman–Crippen LogP) is 2.00. The summed E-state index contributed by atoms with van der Waals surface area (Å²) >= 11 is 0. The number of carbonyl (C=O) groups excluding carboxylic acids is 1. The molecule has 1 unspecified atom stereocenters. The lowest BCUT2D eigenvalue weighted by Gasteiger charge is -2.19. The summed E-state index contributed by atoms with van der Waals surface area (Å²) in [4.78, 5) is 12.4. The van der Waals surface area contributed by atoms with Gasteiger partial charge in [0.2, 0.25) is 0 Å². The summed E-state index contributed by atoms with van der Waals surface area (Å²) in [5.74, 6) is -3.26. The van der Waals surface area contributed by atoms with Gasteiger partial charge in [0, 0.05) is 12.6 Å². The Labute approximate surface area is 106 Å². The Morgan fingerprint density at radius 1 is 1.47 bits per heavy atom. The third kappa shape index (κ3) is 4.81. The van der Waals surface area contributed by atoms with Crippen LogP contribution in [0, 0.1) is 0 Å². The molecule has 19 heavy (non-hydrogen) atoms. The van der Waals surface area contributed by atoms with E-state index in [1.54, 1.807) is 13.8 Å². The molecule has 0 aromatic carbocycles. The van der Waals surface area contributed by atoms with Crippen LogP contribution in [0.25, 0.3) is 0 Å². The Kier molecular flexibility index (Phi) is 4.59. The Balaban J connectivity index is 2.50. The van der Waals surface area contributed by atoms with Gasteiger partial charge in [0.05, 0.1) is 6.54 Å². The molecule has 0 aliphatic carbocycles. The van der Waals surface area contributed by atoms with Gasteiger partial charge in [0.25, 0.3) is 5.92 Å². The molecule has 1 atom stereocenters. The quantitative estimate of drug-likeness (QED) is 0.808. The molecule has 0 spiro atoms. The van der Waals surface area contributed by atoms with Crippen molar-refractivity contribution in [2.45, 2.75) is 38.1 Å². The summed E-state index contributed by atoms with van der Waals surface area (Å²) in [6.45, 7) is 0.994. The van der Waals surface area contributed by atoms with Gasteiger partial charge >= 0.3 is 12.3 Å². The number of alkyl carbamates (subject to hydrolysis) is 1. The Morgan fingerprint density at radius 2 is 2.05 bits per heavy atom. The van der Waals surface area contributed by atoms with Crippen molar-refractivity contribution in [3.05, 3.63) is 0 Å². The first kappa shape index (κ1) is 15.9. The normalized spacial score (nSPS) is 23.7. The van der Waals surface area contributed by atoms with Crippen LogP contribution in [-0.2, 0) is 4.74 Å². The van der Waals surface area contributed by atoms with E-state index in [1.807, 2.05) is 0 Å². The van der Waals surface area contributed by atoms with Gasteiger partial charge < -0.3 is 10.1 Å². The summed E-state index contributed by atoms with van der Waals surface area (Å²) < 4.78 is 66.8. The highest BCUT2D eigenvalue weighted by Gasteiger charge is 2.51. The smallest absolute Gasteiger partial charge is 0.407 e. The lowest BCUT2D eigenvalue weighted by atomic mass is 10.2. The van der Waals surface area contributed by atoms with E-state index in [9.17, 15) is 26.7 Å². The molecule has 9 heteroatoms. The van der Waals surface area contributed by atoms with Crippen LogP contribution in [0.3, 0.4) is 0 Å². The first-order valence-corrected chi connectivity index (χ1v) is 5.64. The summed E-state index contributed by atoms with van der Waals surface area (Å²) in [5.41, 5.74) is 0. The molecular weight excluding hydrogens is 275 g/mol. The third-order valence-corrected chi connectivity index (χ3v) is 2.70. The second-order valence-electron chi connectivity index (χ2n) is 4.65. The Morgan fingerprint density at radius 3 is 2.47 bits per heavy atom. The molecular formula is C10H15F5N2O2. The van der Waals surface area contributed by atoms with Crippen LogP contribution >= 0.6 is 0 Å². The number of nitrogens with zero attached hydrogens (tertiary/aromatic N) is 1. The van der Waals surface area contributed by atoms with Crippen molar-refractivity contribution in [2.24, 2.45) is 0 Å². The maximum absolute atomic E-state index is 13.5. The van der Waals surface area contributed by atoms with Gasteiger partial charge in [-0.3, -0.25) is 4.90 Å². The van der Waals surface area contributed by atoms with Crippen LogP contribution in [0.5, 0.6) is 0 Å². The number of ether oxygens (including phenoxy) is 1. The summed E-state index contributed by atoms with van der Waals surface area (Å²) in [5, 5.41) is 1.39. The molecule has 4 nitrogen and oxygen atoms in total. The van der Waals surface area contributed by atoms with Gasteiger partial charge in [-0.15, -0.1) is 0 Å². The number of halogens is 5. The zero-order chi connectivity index (χ0) is 14.8. The standard InChI is InChI=1S/C10H15F5N2O2/c1-6(2)17-3-7(9(11,12)5-17)19-8(18)16-4-10(13,14)15/h6-7H,3-5H2,1-2H3,(H,16,18).